The lowest BCUT2D eigenvalue weighted by Gasteiger charge is -2.19. The van der Waals surface area contributed by atoms with E-state index in [1.165, 1.54) is 18.4 Å². The van der Waals surface area contributed by atoms with Crippen LogP contribution >= 0.6 is 0 Å². The van der Waals surface area contributed by atoms with Crippen LogP contribution < -0.4 is 14.8 Å². The molecule has 0 spiro atoms. The molecular formula is C21H27NO3. The Morgan fingerprint density at radius 2 is 1.72 bits per heavy atom. The Morgan fingerprint density at radius 1 is 1.04 bits per heavy atom. The third-order valence-corrected chi connectivity index (χ3v) is 4.04. The monoisotopic (exact) mass is 341 g/mol. The lowest BCUT2D eigenvalue weighted by atomic mass is 10.1. The Morgan fingerprint density at radius 3 is 2.32 bits per heavy atom. The van der Waals surface area contributed by atoms with Crippen LogP contribution in [0.15, 0.2) is 48.5 Å². The van der Waals surface area contributed by atoms with Gasteiger partial charge in [-0.25, -0.2) is 0 Å². The van der Waals surface area contributed by atoms with Crippen molar-refractivity contribution in [2.75, 3.05) is 12.4 Å². The maximum Gasteiger partial charge on any atom is 0.265 e. The largest absolute Gasteiger partial charge is 0.493 e. The highest BCUT2D eigenvalue weighted by atomic mass is 16.5. The number of carbonyl (C=O) groups excluding carboxylic acids is 1. The fraction of sp³-hybridized carbons (Fsp3) is 0.381. The summed E-state index contributed by atoms with van der Waals surface area (Å²) in [4.78, 5) is 12.5. The van der Waals surface area contributed by atoms with Gasteiger partial charge in [-0.05, 0) is 49.1 Å². The third kappa shape index (κ3) is 5.52. The summed E-state index contributed by atoms with van der Waals surface area (Å²) in [6.07, 6.45) is 3.42. The van der Waals surface area contributed by atoms with Crippen molar-refractivity contribution in [3.8, 4) is 11.5 Å². The van der Waals surface area contributed by atoms with Gasteiger partial charge in [-0.1, -0.05) is 44.5 Å². The first-order valence-electron chi connectivity index (χ1n) is 8.87. The number of hydrogen-bond donors (Lipinski definition) is 1. The number of nitrogens with one attached hydrogen (secondary N) is 1. The van der Waals surface area contributed by atoms with E-state index < -0.39 is 6.10 Å². The van der Waals surface area contributed by atoms with Crippen LogP contribution in [0.4, 0.5) is 5.69 Å². The lowest BCUT2D eigenvalue weighted by Crippen LogP contribution is -2.32. The molecule has 0 saturated heterocycles. The molecule has 1 atom stereocenters. The molecule has 2 rings (SSSR count). The fourth-order valence-electron chi connectivity index (χ4n) is 2.55. The molecule has 0 saturated carbocycles. The summed E-state index contributed by atoms with van der Waals surface area (Å²) in [6, 6.07) is 15.4. The number of methoxy groups -OCH3 is 1. The Labute approximate surface area is 150 Å². The van der Waals surface area contributed by atoms with E-state index in [2.05, 4.69) is 24.4 Å². The van der Waals surface area contributed by atoms with Crippen molar-refractivity contribution in [1.29, 1.82) is 0 Å². The number of hydrogen-bond acceptors (Lipinski definition) is 3. The number of para-hydroxylation sites is 2. The van der Waals surface area contributed by atoms with Crippen LogP contribution in [0.25, 0.3) is 0 Å². The predicted molar refractivity (Wildman–Crippen MR) is 101 cm³/mol. The zero-order chi connectivity index (χ0) is 18.1. The third-order valence-electron chi connectivity index (χ3n) is 4.04. The minimum atomic E-state index is -0.573. The molecule has 0 bridgehead atoms. The van der Waals surface area contributed by atoms with Gasteiger partial charge in [0, 0.05) is 5.69 Å². The molecule has 25 heavy (non-hydrogen) atoms. The highest BCUT2D eigenvalue weighted by Crippen LogP contribution is 2.27. The number of carbonyl (C=O) groups is 1. The summed E-state index contributed by atoms with van der Waals surface area (Å²) in [5.74, 6) is 1.03. The average molecular weight is 341 g/mol. The fourth-order valence-corrected chi connectivity index (χ4v) is 2.55. The van der Waals surface area contributed by atoms with Gasteiger partial charge in [0.25, 0.3) is 5.91 Å². The zero-order valence-corrected chi connectivity index (χ0v) is 15.2. The molecule has 2 aromatic carbocycles. The first-order valence-corrected chi connectivity index (χ1v) is 8.87. The molecule has 1 N–H and O–H groups in total. The predicted octanol–water partition coefficient (Wildman–Crippen LogP) is 4.83. The molecule has 0 heterocycles. The van der Waals surface area contributed by atoms with Gasteiger partial charge in [-0.2, -0.15) is 0 Å². The molecule has 0 aliphatic heterocycles. The molecule has 0 fully saturated rings. The van der Waals surface area contributed by atoms with Crippen molar-refractivity contribution < 1.29 is 14.3 Å². The molecule has 0 aromatic heterocycles. The van der Waals surface area contributed by atoms with Gasteiger partial charge in [0.15, 0.2) is 17.6 Å². The normalized spacial score (nSPS) is 11.6. The van der Waals surface area contributed by atoms with Crippen molar-refractivity contribution in [2.24, 2.45) is 0 Å². The Bertz CT molecular complexity index is 667. The number of unbranched alkanes of at least 4 members (excludes halogenated alkanes) is 1. The van der Waals surface area contributed by atoms with E-state index in [1.54, 1.807) is 13.2 Å². The first-order chi connectivity index (χ1) is 12.2. The van der Waals surface area contributed by atoms with E-state index in [-0.39, 0.29) is 5.91 Å². The van der Waals surface area contributed by atoms with Gasteiger partial charge >= 0.3 is 0 Å². The summed E-state index contributed by atoms with van der Waals surface area (Å²) in [5, 5.41) is 2.93. The summed E-state index contributed by atoms with van der Waals surface area (Å²) < 4.78 is 11.1. The van der Waals surface area contributed by atoms with Crippen LogP contribution in [0.3, 0.4) is 0 Å². The number of aryl methyl sites for hydroxylation is 1. The minimum absolute atomic E-state index is 0.158. The summed E-state index contributed by atoms with van der Waals surface area (Å²) >= 11 is 0. The van der Waals surface area contributed by atoms with Crippen molar-refractivity contribution in [1.82, 2.24) is 0 Å². The van der Waals surface area contributed by atoms with Crippen LogP contribution in [0, 0.1) is 0 Å². The molecule has 0 aliphatic carbocycles. The number of rotatable bonds is 9. The van der Waals surface area contributed by atoms with Crippen LogP contribution in [0.5, 0.6) is 11.5 Å². The van der Waals surface area contributed by atoms with Gasteiger partial charge in [-0.3, -0.25) is 4.79 Å². The van der Waals surface area contributed by atoms with Gasteiger partial charge in [0.2, 0.25) is 0 Å². The van der Waals surface area contributed by atoms with Crippen molar-refractivity contribution >= 4 is 11.6 Å². The summed E-state index contributed by atoms with van der Waals surface area (Å²) in [5.41, 5.74) is 2.07. The van der Waals surface area contributed by atoms with Crippen molar-refractivity contribution in [3.63, 3.8) is 0 Å². The van der Waals surface area contributed by atoms with Crippen molar-refractivity contribution in [3.05, 3.63) is 54.1 Å². The summed E-state index contributed by atoms with van der Waals surface area (Å²) in [7, 11) is 1.59. The van der Waals surface area contributed by atoms with Crippen LogP contribution in [-0.4, -0.2) is 19.1 Å². The van der Waals surface area contributed by atoms with Crippen molar-refractivity contribution in [2.45, 2.75) is 45.6 Å². The Kier molecular flexibility index (Phi) is 7.33. The second-order valence-electron chi connectivity index (χ2n) is 5.96. The number of anilines is 1. The highest BCUT2D eigenvalue weighted by Gasteiger charge is 2.20. The molecule has 0 radical (unpaired) electrons. The van der Waals surface area contributed by atoms with Gasteiger partial charge < -0.3 is 14.8 Å². The minimum Gasteiger partial charge on any atom is -0.493 e. The number of ether oxygens (including phenoxy) is 2. The highest BCUT2D eigenvalue weighted by molar-refractivity contribution is 5.94. The molecule has 2 aromatic rings. The standard InChI is InChI=1S/C21H27NO3/c1-4-6-9-16-12-14-17(15-13-16)22-21(23)18(5-2)25-20-11-8-7-10-19(20)24-3/h7-8,10-15,18H,4-6,9H2,1-3H3,(H,22,23)/t18-/m1/s1. The van der Waals surface area contributed by atoms with E-state index in [0.29, 0.717) is 17.9 Å². The van der Waals surface area contributed by atoms with Gasteiger partial charge in [-0.15, -0.1) is 0 Å². The molecule has 0 aliphatic rings. The van der Waals surface area contributed by atoms with E-state index >= 15 is 0 Å². The maximum atomic E-state index is 12.5. The first kappa shape index (κ1) is 18.8. The molecule has 4 heteroatoms. The quantitative estimate of drug-likeness (QED) is 0.710. The van der Waals surface area contributed by atoms with E-state index in [1.807, 2.05) is 37.3 Å². The van der Waals surface area contributed by atoms with E-state index in [0.717, 1.165) is 12.1 Å². The van der Waals surface area contributed by atoms with Gasteiger partial charge in [0.05, 0.1) is 7.11 Å². The molecule has 134 valence electrons. The molecule has 1 amide bonds. The van der Waals surface area contributed by atoms with Gasteiger partial charge in [0.1, 0.15) is 0 Å². The number of benzene rings is 2. The topological polar surface area (TPSA) is 47.6 Å². The Balaban J connectivity index is 1.99. The summed E-state index contributed by atoms with van der Waals surface area (Å²) in [6.45, 7) is 4.11. The Hall–Kier alpha value is -2.49. The number of amides is 1. The SMILES string of the molecule is CCCCc1ccc(NC(=O)[C@@H](CC)Oc2ccccc2OC)cc1. The molecular weight excluding hydrogens is 314 g/mol. The second kappa shape index (κ2) is 9.72. The average Bonchev–Trinajstić information content (AvgIpc) is 2.65. The van der Waals surface area contributed by atoms with E-state index in [4.69, 9.17) is 9.47 Å². The molecule has 4 nitrogen and oxygen atoms in total. The van der Waals surface area contributed by atoms with E-state index in [9.17, 15) is 4.79 Å². The maximum absolute atomic E-state index is 12.5. The lowest BCUT2D eigenvalue weighted by molar-refractivity contribution is -0.122. The van der Waals surface area contributed by atoms with Crippen LogP contribution in [0.2, 0.25) is 0 Å². The van der Waals surface area contributed by atoms with Crippen LogP contribution in [-0.2, 0) is 11.2 Å². The van der Waals surface area contributed by atoms with Crippen LogP contribution in [0.1, 0.15) is 38.7 Å². The zero-order valence-electron chi connectivity index (χ0n) is 15.2. The second-order valence-corrected chi connectivity index (χ2v) is 5.96. The molecule has 0 unspecified atom stereocenters. The smallest absolute Gasteiger partial charge is 0.265 e.